The predicted molar refractivity (Wildman–Crippen MR) is 136 cm³/mol. The number of piperidine rings is 1. The molecule has 1 aliphatic heterocycles. The highest BCUT2D eigenvalue weighted by Crippen LogP contribution is 2.22. The highest BCUT2D eigenvalue weighted by molar-refractivity contribution is 5.56. The van der Waals surface area contributed by atoms with Crippen LogP contribution in [0.3, 0.4) is 0 Å². The number of amides is 1. The van der Waals surface area contributed by atoms with E-state index in [-0.39, 0.29) is 0 Å². The van der Waals surface area contributed by atoms with Gasteiger partial charge < -0.3 is 15.5 Å². The Labute approximate surface area is 197 Å². The first kappa shape index (κ1) is 24.2. The van der Waals surface area contributed by atoms with E-state index in [9.17, 15) is 4.79 Å². The van der Waals surface area contributed by atoms with Gasteiger partial charge in [0, 0.05) is 31.5 Å². The average molecular weight is 446 g/mol. The van der Waals surface area contributed by atoms with E-state index >= 15 is 0 Å². The summed E-state index contributed by atoms with van der Waals surface area (Å²) in [5.41, 5.74) is 4.72. The van der Waals surface area contributed by atoms with Crippen molar-refractivity contribution in [3.63, 3.8) is 0 Å². The Kier molecular flexibility index (Phi) is 9.24. The second kappa shape index (κ2) is 12.6. The predicted octanol–water partition coefficient (Wildman–Crippen LogP) is 5.57. The van der Waals surface area contributed by atoms with Crippen LogP contribution in [0.5, 0.6) is 0 Å². The summed E-state index contributed by atoms with van der Waals surface area (Å²) in [5.74, 6) is 2.21. The van der Waals surface area contributed by atoms with Crippen molar-refractivity contribution in [2.75, 3.05) is 23.3 Å². The highest BCUT2D eigenvalue weighted by atomic mass is 16.1. The molecule has 6 heteroatoms. The number of hydrogen-bond acceptors (Lipinski definition) is 5. The maximum atomic E-state index is 9.93. The second-order valence-electron chi connectivity index (χ2n) is 8.68. The van der Waals surface area contributed by atoms with Crippen molar-refractivity contribution < 1.29 is 4.79 Å². The summed E-state index contributed by atoms with van der Waals surface area (Å²) < 4.78 is 0. The second-order valence-corrected chi connectivity index (χ2v) is 8.68. The van der Waals surface area contributed by atoms with Crippen LogP contribution in [0.4, 0.5) is 17.5 Å². The van der Waals surface area contributed by atoms with Gasteiger partial charge in [0.1, 0.15) is 5.82 Å². The van der Waals surface area contributed by atoms with Crippen LogP contribution < -0.4 is 15.5 Å². The van der Waals surface area contributed by atoms with Crippen molar-refractivity contribution in [1.29, 1.82) is 0 Å². The first-order valence-corrected chi connectivity index (χ1v) is 11.7. The van der Waals surface area contributed by atoms with Crippen molar-refractivity contribution in [3.05, 3.63) is 77.5 Å². The zero-order chi connectivity index (χ0) is 23.5. The fourth-order valence-electron chi connectivity index (χ4n) is 3.68. The van der Waals surface area contributed by atoms with Gasteiger partial charge in [-0.15, -0.1) is 0 Å². The molecular weight excluding hydrogens is 410 g/mol. The Morgan fingerprint density at radius 2 is 1.79 bits per heavy atom. The summed E-state index contributed by atoms with van der Waals surface area (Å²) in [6.07, 6.45) is 6.38. The number of aryl methyl sites for hydroxylation is 1. The Hall–Kier alpha value is -3.41. The normalized spacial score (nSPS) is 13.2. The van der Waals surface area contributed by atoms with Crippen molar-refractivity contribution in [3.8, 4) is 0 Å². The van der Waals surface area contributed by atoms with Crippen molar-refractivity contribution in [2.45, 2.75) is 52.5 Å². The van der Waals surface area contributed by atoms with Crippen LogP contribution in [0.2, 0.25) is 0 Å². The molecule has 174 valence electrons. The van der Waals surface area contributed by atoms with Gasteiger partial charge in [-0.05, 0) is 61.4 Å². The molecule has 2 heterocycles. The third-order valence-corrected chi connectivity index (χ3v) is 5.64. The number of hydrogen-bond donors (Lipinski definition) is 2. The largest absolute Gasteiger partial charge is 0.356 e. The third-order valence-electron chi connectivity index (χ3n) is 5.64. The lowest BCUT2D eigenvalue weighted by atomic mass is 10.0. The Morgan fingerprint density at radius 1 is 1.03 bits per heavy atom. The number of nitrogens with one attached hydrogen (secondary N) is 2. The molecule has 1 aliphatic rings. The molecule has 3 aromatic rings. The van der Waals surface area contributed by atoms with Gasteiger partial charge in [0.25, 0.3) is 0 Å². The van der Waals surface area contributed by atoms with E-state index in [1.165, 1.54) is 30.4 Å². The number of anilines is 3. The molecule has 1 aromatic heterocycles. The fraction of sp³-hybridized carbons (Fsp3) is 0.370. The molecule has 6 nitrogen and oxygen atoms in total. The molecule has 1 fully saturated rings. The molecule has 2 N–H and O–H groups in total. The first-order chi connectivity index (χ1) is 16.0. The summed E-state index contributed by atoms with van der Waals surface area (Å²) in [5, 5.41) is 5.93. The minimum atomic E-state index is 0.516. The molecule has 0 unspecified atom stereocenters. The zero-order valence-electron chi connectivity index (χ0n) is 19.9. The van der Waals surface area contributed by atoms with Crippen LogP contribution in [0.25, 0.3) is 0 Å². The number of benzene rings is 2. The van der Waals surface area contributed by atoms with Gasteiger partial charge >= 0.3 is 0 Å². The number of carbonyl (C=O) groups excluding carboxylic acids is 1. The van der Waals surface area contributed by atoms with Crippen molar-refractivity contribution in [1.82, 2.24) is 15.3 Å². The number of nitrogens with zero attached hydrogens (tertiary/aromatic N) is 3. The van der Waals surface area contributed by atoms with E-state index in [4.69, 9.17) is 0 Å². The van der Waals surface area contributed by atoms with Crippen LogP contribution in [-0.2, 0) is 11.3 Å². The molecule has 0 bridgehead atoms. The van der Waals surface area contributed by atoms with Crippen LogP contribution in [0, 0.1) is 6.92 Å². The van der Waals surface area contributed by atoms with Gasteiger partial charge in [-0.25, -0.2) is 4.98 Å². The molecule has 0 aliphatic carbocycles. The monoisotopic (exact) mass is 445 g/mol. The molecule has 4 rings (SSSR count). The van der Waals surface area contributed by atoms with Gasteiger partial charge in [0.05, 0.1) is 0 Å². The van der Waals surface area contributed by atoms with Gasteiger partial charge in [-0.3, -0.25) is 4.79 Å². The first-order valence-electron chi connectivity index (χ1n) is 11.7. The smallest absolute Gasteiger partial charge is 0.229 e. The lowest BCUT2D eigenvalue weighted by Gasteiger charge is -2.27. The van der Waals surface area contributed by atoms with Crippen LogP contribution in [0.15, 0.2) is 60.8 Å². The van der Waals surface area contributed by atoms with E-state index in [0.29, 0.717) is 24.8 Å². The fourth-order valence-corrected chi connectivity index (χ4v) is 3.68. The molecule has 1 saturated heterocycles. The number of carbonyl (C=O) groups is 1. The average Bonchev–Trinajstić information content (AvgIpc) is 2.85. The standard InChI is InChI=1S/C18H24N4.C9H11NO/c1-14(2)15-7-6-8-16(13-15)20-18-19-10-9-17(21-18)22-11-4-3-5-12-22;1-8-2-4-9(5-3-8)6-10-7-11/h6-10,13-14H,3-5,11-12H2,1-2H3,(H,19,20,21);2-5,7H,6H2,1H3,(H,10,11). The number of rotatable bonds is 7. The minimum Gasteiger partial charge on any atom is -0.356 e. The van der Waals surface area contributed by atoms with Crippen LogP contribution in [0.1, 0.15) is 55.7 Å². The zero-order valence-corrected chi connectivity index (χ0v) is 19.9. The van der Waals surface area contributed by atoms with Gasteiger partial charge in [-0.1, -0.05) is 55.8 Å². The molecule has 0 spiro atoms. The Morgan fingerprint density at radius 3 is 2.48 bits per heavy atom. The minimum absolute atomic E-state index is 0.516. The molecular formula is C27H35N5O. The quantitative estimate of drug-likeness (QED) is 0.465. The van der Waals surface area contributed by atoms with E-state index < -0.39 is 0 Å². The van der Waals surface area contributed by atoms with Gasteiger partial charge in [0.2, 0.25) is 12.4 Å². The summed E-state index contributed by atoms with van der Waals surface area (Å²) in [4.78, 5) is 21.3. The molecule has 0 atom stereocenters. The van der Waals surface area contributed by atoms with Crippen LogP contribution in [-0.4, -0.2) is 29.5 Å². The lowest BCUT2D eigenvalue weighted by Crippen LogP contribution is -2.30. The summed E-state index contributed by atoms with van der Waals surface area (Å²) in [6.45, 7) is 9.25. The lowest BCUT2D eigenvalue weighted by molar-refractivity contribution is -0.109. The topological polar surface area (TPSA) is 70.2 Å². The molecule has 2 aromatic carbocycles. The van der Waals surface area contributed by atoms with E-state index in [2.05, 4.69) is 63.6 Å². The van der Waals surface area contributed by atoms with E-state index in [0.717, 1.165) is 30.2 Å². The van der Waals surface area contributed by atoms with Crippen molar-refractivity contribution in [2.24, 2.45) is 0 Å². The van der Waals surface area contributed by atoms with E-state index in [1.807, 2.05) is 43.5 Å². The summed E-state index contributed by atoms with van der Waals surface area (Å²) >= 11 is 0. The van der Waals surface area contributed by atoms with Crippen LogP contribution >= 0.6 is 0 Å². The number of aromatic nitrogens is 2. The maximum absolute atomic E-state index is 9.93. The Balaban J connectivity index is 0.000000235. The molecule has 0 radical (unpaired) electrons. The van der Waals surface area contributed by atoms with Gasteiger partial charge in [-0.2, -0.15) is 4.98 Å². The third kappa shape index (κ3) is 7.90. The Bertz CT molecular complexity index is 997. The highest BCUT2D eigenvalue weighted by Gasteiger charge is 2.12. The molecule has 1 amide bonds. The van der Waals surface area contributed by atoms with Gasteiger partial charge in [0.15, 0.2) is 0 Å². The van der Waals surface area contributed by atoms with E-state index in [1.54, 1.807) is 0 Å². The summed E-state index contributed by atoms with van der Waals surface area (Å²) in [7, 11) is 0. The SMILES string of the molecule is CC(C)c1cccc(Nc2nccc(N3CCCCC3)n2)c1.Cc1ccc(CNC=O)cc1. The maximum Gasteiger partial charge on any atom is 0.229 e. The molecule has 0 saturated carbocycles. The summed E-state index contributed by atoms with van der Waals surface area (Å²) in [6, 6.07) is 18.5. The van der Waals surface area contributed by atoms with Crippen molar-refractivity contribution >= 4 is 23.9 Å². The molecule has 33 heavy (non-hydrogen) atoms.